The second kappa shape index (κ2) is 11.2. The Hall–Kier alpha value is -1.71. The van der Waals surface area contributed by atoms with Gasteiger partial charge in [0.05, 0.1) is 12.7 Å². The van der Waals surface area contributed by atoms with E-state index in [9.17, 15) is 10.2 Å². The van der Waals surface area contributed by atoms with Crippen LogP contribution in [0.25, 0.3) is 0 Å². The summed E-state index contributed by atoms with van der Waals surface area (Å²) >= 11 is 0. The minimum Gasteiger partial charge on any atom is -0.392 e. The molecule has 3 rings (SSSR count). The van der Waals surface area contributed by atoms with Gasteiger partial charge in [0.2, 0.25) is 0 Å². The van der Waals surface area contributed by atoms with Crippen molar-refractivity contribution < 1.29 is 10.2 Å². The average molecular weight is 428 g/mol. The van der Waals surface area contributed by atoms with Gasteiger partial charge in [-0.1, -0.05) is 92.6 Å². The molecule has 1 aliphatic rings. The van der Waals surface area contributed by atoms with Crippen LogP contribution in [0.15, 0.2) is 30.3 Å². The number of aliphatic hydroxyl groups is 2. The molecule has 0 fully saturated rings. The smallest absolute Gasteiger partial charge is 0.0815 e. The fourth-order valence-corrected chi connectivity index (χ4v) is 4.19. The Bertz CT molecular complexity index is 817. The first-order chi connectivity index (χ1) is 14.4. The standard InChI is InChI=1S/C16H25NO2.C10H14.C2H6/c1-9(2)15-11(8-18)10(3)14-12(17-15)6-16(4,5)7-13(14)19;1-10(2,3)9-7-5-4-6-8-9;1-2/h9,13,18-19H,6-8H2,1-5H3;4-8H,1-3H3;1-2H3. The molecule has 3 heteroatoms. The van der Waals surface area contributed by atoms with Crippen LogP contribution in [0.3, 0.4) is 0 Å². The first-order valence-electron chi connectivity index (χ1n) is 11.7. The molecule has 1 atom stereocenters. The summed E-state index contributed by atoms with van der Waals surface area (Å²) in [6.07, 6.45) is 1.19. The number of fused-ring (bicyclic) bond motifs is 1. The molecular weight excluding hydrogens is 382 g/mol. The maximum Gasteiger partial charge on any atom is 0.0815 e. The minimum absolute atomic E-state index is 0.00423. The highest BCUT2D eigenvalue weighted by Crippen LogP contribution is 2.42. The van der Waals surface area contributed by atoms with E-state index in [-0.39, 0.29) is 17.9 Å². The highest BCUT2D eigenvalue weighted by Gasteiger charge is 2.34. The average Bonchev–Trinajstić information content (AvgIpc) is 2.68. The number of nitrogens with zero attached hydrogens (tertiary/aromatic N) is 1. The normalized spacial score (nSPS) is 17.1. The van der Waals surface area contributed by atoms with Crippen LogP contribution in [0.4, 0.5) is 0 Å². The molecule has 0 bridgehead atoms. The van der Waals surface area contributed by atoms with E-state index < -0.39 is 6.10 Å². The van der Waals surface area contributed by atoms with Gasteiger partial charge >= 0.3 is 0 Å². The summed E-state index contributed by atoms with van der Waals surface area (Å²) < 4.78 is 0. The van der Waals surface area contributed by atoms with Crippen molar-refractivity contribution in [2.45, 2.75) is 106 Å². The van der Waals surface area contributed by atoms with Crippen LogP contribution in [0.5, 0.6) is 0 Å². The number of aliphatic hydroxyl groups excluding tert-OH is 2. The van der Waals surface area contributed by atoms with Gasteiger partial charge in [-0.2, -0.15) is 0 Å². The maximum absolute atomic E-state index is 10.4. The molecule has 2 N–H and O–H groups in total. The van der Waals surface area contributed by atoms with Crippen molar-refractivity contribution in [3.05, 3.63) is 64.0 Å². The Labute approximate surface area is 191 Å². The fraction of sp³-hybridized carbons (Fsp3) is 0.607. The molecular formula is C28H45NO2. The molecule has 2 aromatic rings. The van der Waals surface area contributed by atoms with Gasteiger partial charge in [0, 0.05) is 22.5 Å². The maximum atomic E-state index is 10.4. The molecule has 0 amide bonds. The molecule has 0 spiro atoms. The lowest BCUT2D eigenvalue weighted by atomic mass is 9.73. The number of hydrogen-bond acceptors (Lipinski definition) is 3. The van der Waals surface area contributed by atoms with Crippen molar-refractivity contribution in [1.29, 1.82) is 0 Å². The van der Waals surface area contributed by atoms with E-state index in [0.717, 1.165) is 40.9 Å². The molecule has 0 saturated heterocycles. The second-order valence-corrected chi connectivity index (χ2v) is 10.5. The van der Waals surface area contributed by atoms with Crippen LogP contribution < -0.4 is 0 Å². The molecule has 1 aromatic carbocycles. The quantitative estimate of drug-likeness (QED) is 0.541. The highest BCUT2D eigenvalue weighted by atomic mass is 16.3. The fourth-order valence-electron chi connectivity index (χ4n) is 4.19. The largest absolute Gasteiger partial charge is 0.392 e. The topological polar surface area (TPSA) is 53.4 Å². The van der Waals surface area contributed by atoms with E-state index in [2.05, 4.69) is 78.8 Å². The van der Waals surface area contributed by atoms with Crippen molar-refractivity contribution in [3.8, 4) is 0 Å². The molecule has 1 heterocycles. The van der Waals surface area contributed by atoms with Gasteiger partial charge in [-0.15, -0.1) is 0 Å². The predicted octanol–water partition coefficient (Wildman–Crippen LogP) is 7.02. The SMILES string of the molecule is CC.CC(C)(C)c1ccccc1.Cc1c(CO)c(C(C)C)nc2c1C(O)CC(C)(C)C2. The Balaban J connectivity index is 0.000000337. The lowest BCUT2D eigenvalue weighted by Gasteiger charge is -2.36. The summed E-state index contributed by atoms with van der Waals surface area (Å²) in [6.45, 7) is 21.2. The summed E-state index contributed by atoms with van der Waals surface area (Å²) in [4.78, 5) is 4.77. The van der Waals surface area contributed by atoms with Gasteiger partial charge in [-0.25, -0.2) is 0 Å². The molecule has 1 aromatic heterocycles. The molecule has 0 radical (unpaired) electrons. The van der Waals surface area contributed by atoms with Gasteiger partial charge < -0.3 is 10.2 Å². The minimum atomic E-state index is -0.460. The number of benzene rings is 1. The lowest BCUT2D eigenvalue weighted by Crippen LogP contribution is -2.28. The van der Waals surface area contributed by atoms with Crippen molar-refractivity contribution >= 4 is 0 Å². The monoisotopic (exact) mass is 427 g/mol. The van der Waals surface area contributed by atoms with Crippen molar-refractivity contribution in [1.82, 2.24) is 4.98 Å². The van der Waals surface area contributed by atoms with Gasteiger partial charge in [0.15, 0.2) is 0 Å². The van der Waals surface area contributed by atoms with Gasteiger partial charge in [-0.05, 0) is 47.6 Å². The van der Waals surface area contributed by atoms with Crippen LogP contribution >= 0.6 is 0 Å². The molecule has 174 valence electrons. The Morgan fingerprint density at radius 1 is 1.10 bits per heavy atom. The zero-order valence-electron chi connectivity index (χ0n) is 21.5. The first-order valence-corrected chi connectivity index (χ1v) is 11.7. The third-order valence-corrected chi connectivity index (χ3v) is 5.80. The van der Waals surface area contributed by atoms with E-state index in [1.54, 1.807) is 0 Å². The highest BCUT2D eigenvalue weighted by molar-refractivity contribution is 5.43. The van der Waals surface area contributed by atoms with Gasteiger partial charge in [0.25, 0.3) is 0 Å². The lowest BCUT2D eigenvalue weighted by molar-refractivity contribution is 0.0970. The number of hydrogen-bond donors (Lipinski definition) is 2. The van der Waals surface area contributed by atoms with E-state index in [1.165, 1.54) is 5.56 Å². The molecule has 31 heavy (non-hydrogen) atoms. The zero-order chi connectivity index (χ0) is 24.0. The summed E-state index contributed by atoms with van der Waals surface area (Å²) in [6, 6.07) is 10.6. The third kappa shape index (κ3) is 7.15. The zero-order valence-corrected chi connectivity index (χ0v) is 21.5. The summed E-state index contributed by atoms with van der Waals surface area (Å²) in [5.74, 6) is 0.285. The Kier molecular flexibility index (Phi) is 9.91. The molecule has 0 aliphatic heterocycles. The van der Waals surface area contributed by atoms with Crippen LogP contribution in [0, 0.1) is 12.3 Å². The van der Waals surface area contributed by atoms with E-state index in [4.69, 9.17) is 4.98 Å². The van der Waals surface area contributed by atoms with Gasteiger partial charge in [0.1, 0.15) is 0 Å². The summed E-state index contributed by atoms with van der Waals surface area (Å²) in [7, 11) is 0. The first kappa shape index (κ1) is 27.3. The van der Waals surface area contributed by atoms with Crippen molar-refractivity contribution in [2.24, 2.45) is 5.41 Å². The van der Waals surface area contributed by atoms with E-state index in [0.29, 0.717) is 5.41 Å². The molecule has 3 nitrogen and oxygen atoms in total. The third-order valence-electron chi connectivity index (χ3n) is 5.80. The Morgan fingerprint density at radius 3 is 2.06 bits per heavy atom. The molecule has 1 aliphatic carbocycles. The van der Waals surface area contributed by atoms with E-state index in [1.807, 2.05) is 20.8 Å². The van der Waals surface area contributed by atoms with Crippen LogP contribution in [-0.4, -0.2) is 15.2 Å². The van der Waals surface area contributed by atoms with Crippen LogP contribution in [0.2, 0.25) is 0 Å². The molecule has 0 saturated carbocycles. The predicted molar refractivity (Wildman–Crippen MR) is 133 cm³/mol. The van der Waals surface area contributed by atoms with Crippen molar-refractivity contribution in [2.75, 3.05) is 0 Å². The molecule has 1 unspecified atom stereocenters. The van der Waals surface area contributed by atoms with Crippen LogP contribution in [-0.2, 0) is 18.4 Å². The number of pyridine rings is 1. The van der Waals surface area contributed by atoms with Gasteiger partial charge in [-0.3, -0.25) is 4.98 Å². The number of rotatable bonds is 2. The van der Waals surface area contributed by atoms with Crippen LogP contribution in [0.1, 0.15) is 114 Å². The summed E-state index contributed by atoms with van der Waals surface area (Å²) in [5.41, 5.74) is 6.64. The Morgan fingerprint density at radius 2 is 1.65 bits per heavy atom. The summed E-state index contributed by atoms with van der Waals surface area (Å²) in [5, 5.41) is 20.0. The van der Waals surface area contributed by atoms with Crippen molar-refractivity contribution in [3.63, 3.8) is 0 Å². The van der Waals surface area contributed by atoms with E-state index >= 15 is 0 Å². The second-order valence-electron chi connectivity index (χ2n) is 10.5. The number of aromatic nitrogens is 1.